The van der Waals surface area contributed by atoms with Crippen molar-refractivity contribution in [1.82, 2.24) is 0 Å². The lowest BCUT2D eigenvalue weighted by Crippen LogP contribution is -2.20. The van der Waals surface area contributed by atoms with Crippen molar-refractivity contribution in [3.8, 4) is 0 Å². The van der Waals surface area contributed by atoms with Crippen molar-refractivity contribution in [1.29, 1.82) is 0 Å². The second-order valence-corrected chi connectivity index (χ2v) is 4.11. The summed E-state index contributed by atoms with van der Waals surface area (Å²) in [6.45, 7) is 0. The van der Waals surface area contributed by atoms with E-state index in [1.807, 2.05) is 22.6 Å². The second-order valence-electron chi connectivity index (χ2n) is 2.95. The lowest BCUT2D eigenvalue weighted by molar-refractivity contribution is -0.138. The van der Waals surface area contributed by atoms with E-state index in [-0.39, 0.29) is 0 Å². The highest BCUT2D eigenvalue weighted by Crippen LogP contribution is 2.29. The van der Waals surface area contributed by atoms with Gasteiger partial charge < -0.3 is 5.73 Å². The summed E-state index contributed by atoms with van der Waals surface area (Å²) in [5.74, 6) is 0. The number of hydrogen-bond donors (Lipinski definition) is 1. The molecule has 1 aromatic carbocycles. The second kappa shape index (κ2) is 4.48. The zero-order valence-electron chi connectivity index (χ0n) is 7.18. The van der Waals surface area contributed by atoms with E-state index >= 15 is 0 Å². The number of rotatable bonds is 2. The van der Waals surface area contributed by atoms with Gasteiger partial charge >= 0.3 is 6.18 Å². The topological polar surface area (TPSA) is 26.0 Å². The first-order chi connectivity index (χ1) is 6.40. The smallest absolute Gasteiger partial charge is 0.324 e. The molecule has 1 aromatic rings. The Morgan fingerprint density at radius 2 is 1.86 bits per heavy atom. The molecule has 0 saturated carbocycles. The largest absolute Gasteiger partial charge is 0.390 e. The lowest BCUT2D eigenvalue weighted by Gasteiger charge is -2.15. The van der Waals surface area contributed by atoms with Crippen LogP contribution in [0.2, 0.25) is 0 Å². The molecular weight excluding hydrogens is 306 g/mol. The number of halogens is 4. The van der Waals surface area contributed by atoms with E-state index in [0.717, 1.165) is 3.57 Å². The zero-order valence-corrected chi connectivity index (χ0v) is 9.34. The van der Waals surface area contributed by atoms with Gasteiger partial charge in [0.1, 0.15) is 0 Å². The van der Waals surface area contributed by atoms with Crippen LogP contribution in [0.1, 0.15) is 18.0 Å². The summed E-state index contributed by atoms with van der Waals surface area (Å²) >= 11 is 1.98. The maximum atomic E-state index is 12.0. The Labute approximate surface area is 93.6 Å². The average Bonchev–Trinajstić information content (AvgIpc) is 2.01. The molecule has 0 saturated heterocycles. The van der Waals surface area contributed by atoms with Crippen LogP contribution in [0.25, 0.3) is 0 Å². The first-order valence-electron chi connectivity index (χ1n) is 3.97. The number of alkyl halides is 3. The van der Waals surface area contributed by atoms with Gasteiger partial charge in [-0.2, -0.15) is 13.2 Å². The van der Waals surface area contributed by atoms with Crippen LogP contribution in [0.15, 0.2) is 24.3 Å². The molecule has 0 fully saturated rings. The summed E-state index contributed by atoms with van der Waals surface area (Å²) in [7, 11) is 0. The van der Waals surface area contributed by atoms with E-state index in [1.165, 1.54) is 0 Å². The van der Waals surface area contributed by atoms with E-state index in [1.54, 1.807) is 24.3 Å². The Balaban J connectivity index is 2.80. The van der Waals surface area contributed by atoms with Crippen molar-refractivity contribution in [2.45, 2.75) is 18.6 Å². The minimum absolute atomic E-state index is 0.547. The summed E-state index contributed by atoms with van der Waals surface area (Å²) in [4.78, 5) is 0. The van der Waals surface area contributed by atoms with E-state index in [9.17, 15) is 13.2 Å². The fraction of sp³-hybridized carbons (Fsp3) is 0.333. The first-order valence-corrected chi connectivity index (χ1v) is 5.05. The Morgan fingerprint density at radius 1 is 1.29 bits per heavy atom. The van der Waals surface area contributed by atoms with E-state index in [4.69, 9.17) is 5.73 Å². The Hall–Kier alpha value is -0.300. The van der Waals surface area contributed by atoms with Crippen LogP contribution in [0.4, 0.5) is 13.2 Å². The molecule has 0 bridgehead atoms. The summed E-state index contributed by atoms with van der Waals surface area (Å²) in [5, 5.41) is 0. The van der Waals surface area contributed by atoms with Crippen molar-refractivity contribution >= 4 is 22.6 Å². The van der Waals surface area contributed by atoms with Crippen molar-refractivity contribution in [3.63, 3.8) is 0 Å². The van der Waals surface area contributed by atoms with Gasteiger partial charge in [0.25, 0.3) is 0 Å². The molecule has 5 heteroatoms. The molecule has 1 atom stereocenters. The molecule has 2 N–H and O–H groups in total. The van der Waals surface area contributed by atoms with Gasteiger partial charge in [-0.25, -0.2) is 0 Å². The third-order valence-corrected chi connectivity index (χ3v) is 2.74. The molecule has 0 aromatic heterocycles. The molecule has 0 unspecified atom stereocenters. The summed E-state index contributed by atoms with van der Waals surface area (Å²) in [6.07, 6.45) is -5.19. The van der Waals surface area contributed by atoms with Gasteiger partial charge in [-0.1, -0.05) is 18.2 Å². The fourth-order valence-corrected chi connectivity index (χ4v) is 1.92. The predicted octanol–water partition coefficient (Wildman–Crippen LogP) is 3.24. The van der Waals surface area contributed by atoms with E-state index in [0.29, 0.717) is 5.56 Å². The van der Waals surface area contributed by atoms with Crippen molar-refractivity contribution in [2.75, 3.05) is 0 Å². The van der Waals surface area contributed by atoms with Gasteiger partial charge in [0.2, 0.25) is 0 Å². The summed E-state index contributed by atoms with van der Waals surface area (Å²) < 4.78 is 36.9. The molecule has 0 spiro atoms. The highest BCUT2D eigenvalue weighted by molar-refractivity contribution is 14.1. The van der Waals surface area contributed by atoms with Crippen LogP contribution in [-0.4, -0.2) is 6.18 Å². The van der Waals surface area contributed by atoms with Gasteiger partial charge in [-0.15, -0.1) is 0 Å². The van der Waals surface area contributed by atoms with Crippen LogP contribution >= 0.6 is 22.6 Å². The average molecular weight is 315 g/mol. The van der Waals surface area contributed by atoms with E-state index < -0.39 is 18.6 Å². The third kappa shape index (κ3) is 3.45. The molecule has 0 aliphatic heterocycles. The normalized spacial score (nSPS) is 14.1. The van der Waals surface area contributed by atoms with Gasteiger partial charge in [0, 0.05) is 9.61 Å². The van der Waals surface area contributed by atoms with E-state index in [2.05, 4.69) is 0 Å². The zero-order chi connectivity index (χ0) is 10.8. The number of hydrogen-bond acceptors (Lipinski definition) is 1. The van der Waals surface area contributed by atoms with Gasteiger partial charge in [0.15, 0.2) is 0 Å². The molecule has 0 radical (unpaired) electrons. The van der Waals surface area contributed by atoms with Crippen molar-refractivity contribution < 1.29 is 13.2 Å². The monoisotopic (exact) mass is 315 g/mol. The quantitative estimate of drug-likeness (QED) is 0.833. The number of benzene rings is 1. The Morgan fingerprint density at radius 3 is 2.36 bits per heavy atom. The molecule has 0 amide bonds. The Bertz CT molecular complexity index is 311. The van der Waals surface area contributed by atoms with Crippen molar-refractivity contribution in [3.05, 3.63) is 33.4 Å². The highest BCUT2D eigenvalue weighted by atomic mass is 127. The molecule has 0 aliphatic rings. The van der Waals surface area contributed by atoms with Crippen LogP contribution in [0, 0.1) is 3.57 Å². The van der Waals surface area contributed by atoms with Crippen LogP contribution in [0.3, 0.4) is 0 Å². The predicted molar refractivity (Wildman–Crippen MR) is 56.8 cm³/mol. The van der Waals surface area contributed by atoms with Crippen LogP contribution < -0.4 is 5.73 Å². The molecule has 0 aliphatic carbocycles. The molecule has 78 valence electrons. The Kier molecular flexibility index (Phi) is 3.77. The molecule has 14 heavy (non-hydrogen) atoms. The van der Waals surface area contributed by atoms with Crippen molar-refractivity contribution in [2.24, 2.45) is 5.73 Å². The first kappa shape index (κ1) is 11.8. The van der Waals surface area contributed by atoms with Gasteiger partial charge in [0.05, 0.1) is 6.42 Å². The fourth-order valence-electron chi connectivity index (χ4n) is 1.14. The van der Waals surface area contributed by atoms with Gasteiger partial charge in [-0.05, 0) is 34.2 Å². The maximum Gasteiger partial charge on any atom is 0.390 e. The minimum atomic E-state index is -4.21. The third-order valence-electron chi connectivity index (χ3n) is 1.76. The molecule has 0 heterocycles. The summed E-state index contributed by atoms with van der Waals surface area (Å²) in [5.41, 5.74) is 6.00. The molecule has 1 rings (SSSR count). The maximum absolute atomic E-state index is 12.0. The molecule has 1 nitrogen and oxygen atoms in total. The molecular formula is C9H9F3IN. The summed E-state index contributed by atoms with van der Waals surface area (Å²) in [6, 6.07) is 5.85. The lowest BCUT2D eigenvalue weighted by atomic mass is 10.1. The highest BCUT2D eigenvalue weighted by Gasteiger charge is 2.31. The van der Waals surface area contributed by atoms with Crippen LogP contribution in [0.5, 0.6) is 0 Å². The minimum Gasteiger partial charge on any atom is -0.324 e. The van der Waals surface area contributed by atoms with Crippen LogP contribution in [-0.2, 0) is 0 Å². The SMILES string of the molecule is N[C@H](CC(F)(F)F)c1ccccc1I. The van der Waals surface area contributed by atoms with Gasteiger partial charge in [-0.3, -0.25) is 0 Å². The number of nitrogens with two attached hydrogens (primary N) is 1. The standard InChI is InChI=1S/C9H9F3IN/c10-9(11,12)5-8(14)6-3-1-2-4-7(6)13/h1-4,8H,5,14H2/t8-/m1/s1.